The molecule has 0 spiro atoms. The SMILES string of the molecule is Cc1ccc2c(ccn2CCOc2ccccc2CN)c1. The van der Waals surface area contributed by atoms with E-state index >= 15 is 0 Å². The number of ether oxygens (including phenoxy) is 1. The van der Waals surface area contributed by atoms with Crippen molar-refractivity contribution in [2.24, 2.45) is 5.73 Å². The molecule has 2 aromatic carbocycles. The van der Waals surface area contributed by atoms with Crippen molar-refractivity contribution in [2.45, 2.75) is 20.0 Å². The molecule has 2 N–H and O–H groups in total. The molecule has 1 heterocycles. The number of rotatable bonds is 5. The number of hydrogen-bond acceptors (Lipinski definition) is 2. The summed E-state index contributed by atoms with van der Waals surface area (Å²) in [6, 6.07) is 16.6. The molecule has 0 aliphatic carbocycles. The van der Waals surface area contributed by atoms with E-state index in [0.717, 1.165) is 17.9 Å². The third kappa shape index (κ3) is 2.93. The van der Waals surface area contributed by atoms with Crippen LogP contribution in [0.25, 0.3) is 10.9 Å². The summed E-state index contributed by atoms with van der Waals surface area (Å²) in [7, 11) is 0. The van der Waals surface area contributed by atoms with Crippen LogP contribution in [-0.2, 0) is 13.1 Å². The van der Waals surface area contributed by atoms with Gasteiger partial charge in [-0.2, -0.15) is 0 Å². The molecular weight excluding hydrogens is 260 g/mol. The fourth-order valence-electron chi connectivity index (χ4n) is 2.58. The van der Waals surface area contributed by atoms with Crippen LogP contribution >= 0.6 is 0 Å². The Labute approximate surface area is 125 Å². The fraction of sp³-hybridized carbons (Fsp3) is 0.222. The molecular formula is C18H20N2O. The highest BCUT2D eigenvalue weighted by Gasteiger charge is 2.03. The first-order valence-electron chi connectivity index (χ1n) is 7.24. The monoisotopic (exact) mass is 280 g/mol. The van der Waals surface area contributed by atoms with Gasteiger partial charge in [0.25, 0.3) is 0 Å². The summed E-state index contributed by atoms with van der Waals surface area (Å²) in [5.41, 5.74) is 9.30. The summed E-state index contributed by atoms with van der Waals surface area (Å²) in [5.74, 6) is 0.882. The van der Waals surface area contributed by atoms with Crippen molar-refractivity contribution in [1.29, 1.82) is 0 Å². The van der Waals surface area contributed by atoms with Crippen LogP contribution in [0.1, 0.15) is 11.1 Å². The van der Waals surface area contributed by atoms with Crippen LogP contribution in [0.4, 0.5) is 0 Å². The first-order chi connectivity index (χ1) is 10.3. The molecule has 3 nitrogen and oxygen atoms in total. The Morgan fingerprint density at radius 3 is 2.81 bits per heavy atom. The molecule has 3 aromatic rings. The maximum absolute atomic E-state index is 5.87. The van der Waals surface area contributed by atoms with Gasteiger partial charge in [-0.15, -0.1) is 0 Å². The molecule has 108 valence electrons. The molecule has 0 atom stereocenters. The van der Waals surface area contributed by atoms with Crippen molar-refractivity contribution >= 4 is 10.9 Å². The van der Waals surface area contributed by atoms with E-state index in [2.05, 4.69) is 42.0 Å². The highest BCUT2D eigenvalue weighted by Crippen LogP contribution is 2.19. The van der Waals surface area contributed by atoms with Crippen LogP contribution in [0.15, 0.2) is 54.7 Å². The van der Waals surface area contributed by atoms with Crippen LogP contribution in [-0.4, -0.2) is 11.2 Å². The standard InChI is InChI=1S/C18H20N2O/c1-14-6-7-17-15(12-14)8-9-20(17)10-11-21-18-5-3-2-4-16(18)13-19/h2-9,12H,10-11,13,19H2,1H3. The highest BCUT2D eigenvalue weighted by atomic mass is 16.5. The molecule has 21 heavy (non-hydrogen) atoms. The molecule has 3 rings (SSSR count). The van der Waals surface area contributed by atoms with Crippen molar-refractivity contribution in [3.63, 3.8) is 0 Å². The Hall–Kier alpha value is -2.26. The van der Waals surface area contributed by atoms with E-state index in [4.69, 9.17) is 10.5 Å². The van der Waals surface area contributed by atoms with Crippen molar-refractivity contribution in [1.82, 2.24) is 4.57 Å². The number of benzene rings is 2. The molecule has 0 aliphatic heterocycles. The smallest absolute Gasteiger partial charge is 0.123 e. The summed E-state index contributed by atoms with van der Waals surface area (Å²) < 4.78 is 8.10. The number of para-hydroxylation sites is 1. The predicted molar refractivity (Wildman–Crippen MR) is 86.5 cm³/mol. The molecule has 0 bridgehead atoms. The summed E-state index contributed by atoms with van der Waals surface area (Å²) in [5, 5.41) is 1.28. The number of nitrogens with two attached hydrogens (primary N) is 1. The van der Waals surface area contributed by atoms with Crippen molar-refractivity contribution < 1.29 is 4.74 Å². The highest BCUT2D eigenvalue weighted by molar-refractivity contribution is 5.80. The summed E-state index contributed by atoms with van der Waals surface area (Å²) in [4.78, 5) is 0. The molecule has 3 heteroatoms. The third-order valence-electron chi connectivity index (χ3n) is 3.71. The van der Waals surface area contributed by atoms with Gasteiger partial charge >= 0.3 is 0 Å². The van der Waals surface area contributed by atoms with E-state index in [1.54, 1.807) is 0 Å². The van der Waals surface area contributed by atoms with Gasteiger partial charge in [0.05, 0.1) is 6.54 Å². The van der Waals surface area contributed by atoms with E-state index in [0.29, 0.717) is 13.2 Å². The molecule has 0 aliphatic rings. The second-order valence-corrected chi connectivity index (χ2v) is 5.23. The van der Waals surface area contributed by atoms with E-state index in [1.807, 2.05) is 24.3 Å². The lowest BCUT2D eigenvalue weighted by Gasteiger charge is -2.11. The number of fused-ring (bicyclic) bond motifs is 1. The van der Waals surface area contributed by atoms with Gasteiger partial charge in [0, 0.05) is 23.8 Å². The molecule has 0 radical (unpaired) electrons. The average molecular weight is 280 g/mol. The molecule has 0 amide bonds. The lowest BCUT2D eigenvalue weighted by atomic mass is 10.2. The van der Waals surface area contributed by atoms with Gasteiger partial charge in [-0.25, -0.2) is 0 Å². The lowest BCUT2D eigenvalue weighted by molar-refractivity contribution is 0.297. The topological polar surface area (TPSA) is 40.2 Å². The molecule has 0 unspecified atom stereocenters. The second kappa shape index (κ2) is 6.02. The quantitative estimate of drug-likeness (QED) is 0.777. The van der Waals surface area contributed by atoms with E-state index in [9.17, 15) is 0 Å². The Balaban J connectivity index is 1.69. The first kappa shape index (κ1) is 13.7. The van der Waals surface area contributed by atoms with E-state index in [1.165, 1.54) is 16.5 Å². The average Bonchev–Trinajstić information content (AvgIpc) is 2.90. The Morgan fingerprint density at radius 2 is 1.95 bits per heavy atom. The van der Waals surface area contributed by atoms with Gasteiger partial charge in [0.2, 0.25) is 0 Å². The van der Waals surface area contributed by atoms with Gasteiger partial charge in [-0.05, 0) is 36.6 Å². The van der Waals surface area contributed by atoms with Gasteiger partial charge in [0.1, 0.15) is 12.4 Å². The zero-order valence-corrected chi connectivity index (χ0v) is 12.3. The van der Waals surface area contributed by atoms with Crippen LogP contribution in [0.3, 0.4) is 0 Å². The van der Waals surface area contributed by atoms with Crippen LogP contribution < -0.4 is 10.5 Å². The second-order valence-electron chi connectivity index (χ2n) is 5.23. The largest absolute Gasteiger partial charge is 0.491 e. The summed E-state index contributed by atoms with van der Waals surface area (Å²) in [6.07, 6.45) is 2.11. The minimum absolute atomic E-state index is 0.502. The zero-order valence-electron chi connectivity index (χ0n) is 12.3. The van der Waals surface area contributed by atoms with Gasteiger partial charge in [-0.1, -0.05) is 29.8 Å². The zero-order chi connectivity index (χ0) is 14.7. The first-order valence-corrected chi connectivity index (χ1v) is 7.24. The van der Waals surface area contributed by atoms with E-state index in [-0.39, 0.29) is 0 Å². The van der Waals surface area contributed by atoms with Crippen LogP contribution in [0, 0.1) is 6.92 Å². The van der Waals surface area contributed by atoms with E-state index < -0.39 is 0 Å². The Kier molecular flexibility index (Phi) is 3.93. The van der Waals surface area contributed by atoms with Crippen LogP contribution in [0.5, 0.6) is 5.75 Å². The number of hydrogen-bond donors (Lipinski definition) is 1. The number of aryl methyl sites for hydroxylation is 1. The molecule has 1 aromatic heterocycles. The lowest BCUT2D eigenvalue weighted by Crippen LogP contribution is -2.09. The maximum atomic E-state index is 5.87. The van der Waals surface area contributed by atoms with Gasteiger partial charge in [0.15, 0.2) is 0 Å². The normalized spacial score (nSPS) is 11.0. The molecule has 0 fully saturated rings. The third-order valence-corrected chi connectivity index (χ3v) is 3.71. The molecule has 0 saturated carbocycles. The van der Waals surface area contributed by atoms with Crippen LogP contribution in [0.2, 0.25) is 0 Å². The molecule has 0 saturated heterocycles. The summed E-state index contributed by atoms with van der Waals surface area (Å²) in [6.45, 7) is 4.08. The number of nitrogens with zero attached hydrogens (tertiary/aromatic N) is 1. The maximum Gasteiger partial charge on any atom is 0.123 e. The van der Waals surface area contributed by atoms with Crippen molar-refractivity contribution in [3.8, 4) is 5.75 Å². The fourth-order valence-corrected chi connectivity index (χ4v) is 2.58. The van der Waals surface area contributed by atoms with Gasteiger partial charge < -0.3 is 15.0 Å². The van der Waals surface area contributed by atoms with Crippen molar-refractivity contribution in [3.05, 3.63) is 65.9 Å². The Bertz CT molecular complexity index is 746. The number of aromatic nitrogens is 1. The minimum atomic E-state index is 0.502. The minimum Gasteiger partial charge on any atom is -0.491 e. The Morgan fingerprint density at radius 1 is 1.10 bits per heavy atom. The van der Waals surface area contributed by atoms with Gasteiger partial charge in [-0.3, -0.25) is 0 Å². The predicted octanol–water partition coefficient (Wildman–Crippen LogP) is 3.49. The summed E-state index contributed by atoms with van der Waals surface area (Å²) >= 11 is 0. The van der Waals surface area contributed by atoms with Crippen molar-refractivity contribution in [2.75, 3.05) is 6.61 Å².